The van der Waals surface area contributed by atoms with Gasteiger partial charge >= 0.3 is 0 Å². The summed E-state index contributed by atoms with van der Waals surface area (Å²) in [6.07, 6.45) is -0.334. The van der Waals surface area contributed by atoms with E-state index in [0.717, 1.165) is 11.3 Å². The Morgan fingerprint density at radius 3 is 2.50 bits per heavy atom. The molecule has 1 aromatic carbocycles. The third-order valence-electron chi connectivity index (χ3n) is 5.02. The van der Waals surface area contributed by atoms with Crippen LogP contribution < -0.4 is 10.6 Å². The topological polar surface area (TPSA) is 151 Å². The van der Waals surface area contributed by atoms with Crippen LogP contribution in [0.25, 0.3) is 11.4 Å². The summed E-state index contributed by atoms with van der Waals surface area (Å²) >= 11 is 0. The number of hydrogen-bond donors (Lipinski definition) is 6. The van der Waals surface area contributed by atoms with E-state index >= 15 is 0 Å². The number of benzene rings is 1. The number of hydrogen-bond acceptors (Lipinski definition) is 9. The predicted octanol–water partition coefficient (Wildman–Crippen LogP) is -0.727. The Bertz CT molecular complexity index is 853. The second-order valence-electron chi connectivity index (χ2n) is 7.27. The van der Waals surface area contributed by atoms with Crippen LogP contribution in [0.2, 0.25) is 0 Å². The fourth-order valence-electron chi connectivity index (χ4n) is 3.56. The highest BCUT2D eigenvalue weighted by Crippen LogP contribution is 2.25. The van der Waals surface area contributed by atoms with Crippen LogP contribution in [0.3, 0.4) is 0 Å². The number of nitrogens with one attached hydrogen (secondary N) is 2. The van der Waals surface area contributed by atoms with Gasteiger partial charge in [-0.15, -0.1) is 0 Å². The maximum atomic E-state index is 11.5. The maximum absolute atomic E-state index is 11.5. The lowest BCUT2D eigenvalue weighted by molar-refractivity contribution is -0.144. The molecule has 1 aliphatic rings. The minimum Gasteiger partial charge on any atom is -0.395 e. The molecule has 1 amide bonds. The zero-order valence-electron chi connectivity index (χ0n) is 16.6. The molecule has 0 unspecified atom stereocenters. The number of piperidine rings is 1. The number of β-amino-alcohol motifs (C(OH)–C–C–N with tert-alkyl or cyclic N) is 1. The summed E-state index contributed by atoms with van der Waals surface area (Å²) in [6, 6.07) is 6.47. The maximum Gasteiger partial charge on any atom is 0.221 e. The van der Waals surface area contributed by atoms with Crippen LogP contribution in [0.4, 0.5) is 11.4 Å². The van der Waals surface area contributed by atoms with Crippen LogP contribution in [0.15, 0.2) is 36.7 Å². The summed E-state index contributed by atoms with van der Waals surface area (Å²) in [4.78, 5) is 21.7. The monoisotopic (exact) mass is 417 g/mol. The summed E-state index contributed by atoms with van der Waals surface area (Å²) in [7, 11) is 0. The second-order valence-corrected chi connectivity index (χ2v) is 7.27. The molecule has 1 aliphatic heterocycles. The molecule has 0 bridgehead atoms. The van der Waals surface area contributed by atoms with Crippen molar-refractivity contribution >= 4 is 17.3 Å². The molecular formula is C20H27N5O5. The molecule has 162 valence electrons. The first-order valence-corrected chi connectivity index (χ1v) is 9.72. The molecular weight excluding hydrogens is 390 g/mol. The number of aliphatic hydroxyl groups is 4. The Labute approximate surface area is 174 Å². The molecule has 0 radical (unpaired) electrons. The van der Waals surface area contributed by atoms with Crippen LogP contribution in [0.5, 0.6) is 0 Å². The van der Waals surface area contributed by atoms with Gasteiger partial charge in [-0.25, -0.2) is 9.97 Å². The first kappa shape index (κ1) is 22.1. The molecule has 2 aromatic rings. The predicted molar refractivity (Wildman–Crippen MR) is 111 cm³/mol. The second kappa shape index (κ2) is 9.92. The largest absolute Gasteiger partial charge is 0.395 e. The quantitative estimate of drug-likeness (QED) is 0.343. The number of likely N-dealkylation sites (tertiary alicyclic amines) is 1. The highest BCUT2D eigenvalue weighted by atomic mass is 16.4. The molecule has 0 spiro atoms. The van der Waals surface area contributed by atoms with Gasteiger partial charge in [-0.2, -0.15) is 0 Å². The molecule has 1 aromatic heterocycles. The van der Waals surface area contributed by atoms with Gasteiger partial charge in [0.25, 0.3) is 0 Å². The van der Waals surface area contributed by atoms with E-state index in [-0.39, 0.29) is 19.1 Å². The van der Waals surface area contributed by atoms with Crippen LogP contribution in [-0.4, -0.2) is 91.8 Å². The Kier molecular flexibility index (Phi) is 7.29. The van der Waals surface area contributed by atoms with E-state index in [0.29, 0.717) is 24.6 Å². The van der Waals surface area contributed by atoms with E-state index in [1.165, 1.54) is 6.92 Å². The molecule has 1 fully saturated rings. The Morgan fingerprint density at radius 2 is 1.83 bits per heavy atom. The van der Waals surface area contributed by atoms with Gasteiger partial charge in [0.1, 0.15) is 12.2 Å². The molecule has 2 heterocycles. The minimum atomic E-state index is -1.28. The molecule has 10 nitrogen and oxygen atoms in total. The summed E-state index contributed by atoms with van der Waals surface area (Å²) in [5.41, 5.74) is 2.04. The van der Waals surface area contributed by atoms with E-state index < -0.39 is 24.4 Å². The zero-order chi connectivity index (χ0) is 21.7. The van der Waals surface area contributed by atoms with Crippen molar-refractivity contribution in [3.63, 3.8) is 0 Å². The van der Waals surface area contributed by atoms with Crippen LogP contribution in [-0.2, 0) is 4.79 Å². The van der Waals surface area contributed by atoms with Crippen LogP contribution in [0.1, 0.15) is 6.92 Å². The number of rotatable bonds is 7. The van der Waals surface area contributed by atoms with Gasteiger partial charge in [-0.3, -0.25) is 9.69 Å². The lowest BCUT2D eigenvalue weighted by Gasteiger charge is -2.43. The van der Waals surface area contributed by atoms with E-state index in [1.807, 2.05) is 6.07 Å². The first-order valence-electron chi connectivity index (χ1n) is 9.72. The van der Waals surface area contributed by atoms with Gasteiger partial charge in [0.15, 0.2) is 5.82 Å². The number of nitrogens with zero attached hydrogens (tertiary/aromatic N) is 3. The van der Waals surface area contributed by atoms with Crippen LogP contribution >= 0.6 is 0 Å². The SMILES string of the molecule is CC(=O)Nc1cc(NCCN2C[C@H](O)[C@@H](O)[C@H](O)[C@H]2CO)cc(-c2ncccn2)c1. The summed E-state index contributed by atoms with van der Waals surface area (Å²) < 4.78 is 0. The Morgan fingerprint density at radius 1 is 1.13 bits per heavy atom. The zero-order valence-corrected chi connectivity index (χ0v) is 16.6. The van der Waals surface area contributed by atoms with Crippen molar-refractivity contribution in [1.29, 1.82) is 0 Å². The molecule has 0 aliphatic carbocycles. The molecule has 1 saturated heterocycles. The van der Waals surface area contributed by atoms with Gasteiger partial charge in [0.2, 0.25) is 5.91 Å². The number of carbonyl (C=O) groups is 1. The summed E-state index contributed by atoms with van der Waals surface area (Å²) in [5, 5.41) is 45.4. The van der Waals surface area contributed by atoms with E-state index in [1.54, 1.807) is 35.5 Å². The van der Waals surface area contributed by atoms with Crippen molar-refractivity contribution < 1.29 is 25.2 Å². The third-order valence-corrected chi connectivity index (χ3v) is 5.02. The molecule has 10 heteroatoms. The molecule has 4 atom stereocenters. The fraction of sp³-hybridized carbons (Fsp3) is 0.450. The molecule has 3 rings (SSSR count). The third kappa shape index (κ3) is 5.29. The minimum absolute atomic E-state index is 0.139. The number of carbonyl (C=O) groups excluding carboxylic acids is 1. The van der Waals surface area contributed by atoms with Gasteiger partial charge < -0.3 is 31.1 Å². The van der Waals surface area contributed by atoms with Crippen molar-refractivity contribution in [2.24, 2.45) is 0 Å². The normalized spacial score (nSPS) is 24.4. The van der Waals surface area contributed by atoms with Gasteiger partial charge in [-0.1, -0.05) is 0 Å². The fourth-order valence-corrected chi connectivity index (χ4v) is 3.56. The van der Waals surface area contributed by atoms with Crippen molar-refractivity contribution in [3.05, 3.63) is 36.7 Å². The average molecular weight is 417 g/mol. The molecule has 0 saturated carbocycles. The van der Waals surface area contributed by atoms with Crippen molar-refractivity contribution in [3.8, 4) is 11.4 Å². The number of anilines is 2. The highest BCUT2D eigenvalue weighted by Gasteiger charge is 2.40. The highest BCUT2D eigenvalue weighted by molar-refractivity contribution is 5.90. The van der Waals surface area contributed by atoms with E-state index in [9.17, 15) is 25.2 Å². The van der Waals surface area contributed by atoms with Crippen LogP contribution in [0, 0.1) is 0 Å². The number of aromatic nitrogens is 2. The van der Waals surface area contributed by atoms with E-state index in [2.05, 4.69) is 20.6 Å². The standard InChI is InChI=1S/C20H27N5O5/c1-12(27)24-15-8-13(20-22-3-2-4-23-20)7-14(9-15)21-5-6-25-10-17(28)19(30)18(29)16(25)11-26/h2-4,7-9,16-19,21,26,28-30H,5-6,10-11H2,1H3,(H,24,27)/t16-,17+,18-,19-/m1/s1. The lowest BCUT2D eigenvalue weighted by atomic mass is 9.94. The molecule has 6 N–H and O–H groups in total. The smallest absolute Gasteiger partial charge is 0.221 e. The number of amides is 1. The Balaban J connectivity index is 1.72. The first-order chi connectivity index (χ1) is 14.4. The van der Waals surface area contributed by atoms with E-state index in [4.69, 9.17) is 0 Å². The van der Waals surface area contributed by atoms with Gasteiger partial charge in [0.05, 0.1) is 18.8 Å². The summed E-state index contributed by atoms with van der Waals surface area (Å²) in [6.45, 7) is 2.08. The molecule has 30 heavy (non-hydrogen) atoms. The Hall–Kier alpha value is -2.63. The summed E-state index contributed by atoms with van der Waals surface area (Å²) in [5.74, 6) is 0.317. The lowest BCUT2D eigenvalue weighted by Crippen LogP contribution is -2.63. The van der Waals surface area contributed by atoms with Crippen molar-refractivity contribution in [2.75, 3.05) is 36.9 Å². The van der Waals surface area contributed by atoms with Crippen molar-refractivity contribution in [2.45, 2.75) is 31.3 Å². The average Bonchev–Trinajstić information content (AvgIpc) is 2.72. The van der Waals surface area contributed by atoms with Crippen molar-refractivity contribution in [1.82, 2.24) is 14.9 Å². The number of aliphatic hydroxyl groups excluding tert-OH is 4. The van der Waals surface area contributed by atoms with Gasteiger partial charge in [-0.05, 0) is 24.3 Å². The van der Waals surface area contributed by atoms with Gasteiger partial charge in [0, 0.05) is 55.9 Å².